The number of hydrogen-bond acceptors (Lipinski definition) is 4. The fraction of sp³-hybridized carbons (Fsp3) is 0.200. The molecule has 0 radical (unpaired) electrons. The summed E-state index contributed by atoms with van der Waals surface area (Å²) >= 11 is 0. The van der Waals surface area contributed by atoms with Gasteiger partial charge in [-0.25, -0.2) is 13.1 Å². The summed E-state index contributed by atoms with van der Waals surface area (Å²) in [6.07, 6.45) is 0. The average Bonchev–Trinajstić information content (AvgIpc) is 2.48. The van der Waals surface area contributed by atoms with Crippen LogP contribution in [0.2, 0.25) is 0 Å². The molecular weight excluding hydrogens is 286 g/mol. The molecule has 0 aliphatic heterocycles. The normalized spacial score (nSPS) is 12.9. The van der Waals surface area contributed by atoms with Crippen LogP contribution in [0.15, 0.2) is 53.4 Å². The van der Waals surface area contributed by atoms with Crippen LogP contribution in [-0.2, 0) is 10.0 Å². The molecule has 0 aliphatic carbocycles. The maximum atomic E-state index is 12.0. The summed E-state index contributed by atoms with van der Waals surface area (Å²) < 4.78 is 26.4. The van der Waals surface area contributed by atoms with E-state index in [-0.39, 0.29) is 10.9 Å². The van der Waals surface area contributed by atoms with Gasteiger partial charge in [0, 0.05) is 11.7 Å². The van der Waals surface area contributed by atoms with E-state index < -0.39 is 10.0 Å². The van der Waals surface area contributed by atoms with Crippen molar-refractivity contribution in [3.05, 3.63) is 54.1 Å². The van der Waals surface area contributed by atoms with E-state index in [2.05, 4.69) is 10.0 Å². The summed E-state index contributed by atoms with van der Waals surface area (Å²) in [5, 5.41) is 3.23. The lowest BCUT2D eigenvalue weighted by molar-refractivity contribution is 0.588. The third-order valence-electron chi connectivity index (χ3n) is 3.25. The van der Waals surface area contributed by atoms with Gasteiger partial charge in [-0.1, -0.05) is 24.3 Å². The molecule has 0 saturated carbocycles. The zero-order chi connectivity index (χ0) is 15.5. The Morgan fingerprint density at radius 1 is 1.05 bits per heavy atom. The average molecular weight is 305 g/mol. The summed E-state index contributed by atoms with van der Waals surface area (Å²) in [4.78, 5) is 0.231. The van der Waals surface area contributed by atoms with Crippen molar-refractivity contribution < 1.29 is 8.42 Å². The molecule has 2 rings (SSSR count). The number of nitrogens with two attached hydrogens (primary N) is 1. The van der Waals surface area contributed by atoms with Crippen molar-refractivity contribution in [3.63, 3.8) is 0 Å². The van der Waals surface area contributed by atoms with Crippen LogP contribution in [0.4, 0.5) is 11.4 Å². The number of hydrogen-bond donors (Lipinski definition) is 3. The number of nitrogens with one attached hydrogen (secondary N) is 2. The summed E-state index contributed by atoms with van der Waals surface area (Å²) in [6.45, 7) is 1.97. The second-order valence-corrected chi connectivity index (χ2v) is 6.59. The molecule has 2 aromatic rings. The molecule has 0 aromatic heterocycles. The van der Waals surface area contributed by atoms with Crippen molar-refractivity contribution in [2.45, 2.75) is 17.9 Å². The minimum Gasteiger partial charge on any atom is -0.399 e. The highest BCUT2D eigenvalue weighted by Crippen LogP contribution is 2.25. The van der Waals surface area contributed by atoms with Crippen molar-refractivity contribution in [1.29, 1.82) is 0 Å². The second-order valence-electron chi connectivity index (χ2n) is 4.74. The van der Waals surface area contributed by atoms with Crippen LogP contribution in [0.5, 0.6) is 0 Å². The lowest BCUT2D eigenvalue weighted by Crippen LogP contribution is -2.20. The topological polar surface area (TPSA) is 84.2 Å². The molecule has 0 bridgehead atoms. The van der Waals surface area contributed by atoms with Crippen LogP contribution in [0.3, 0.4) is 0 Å². The Morgan fingerprint density at radius 3 is 2.29 bits per heavy atom. The summed E-state index contributed by atoms with van der Waals surface area (Å²) in [6, 6.07) is 14.3. The van der Waals surface area contributed by atoms with E-state index >= 15 is 0 Å². The highest BCUT2D eigenvalue weighted by molar-refractivity contribution is 7.89. The van der Waals surface area contributed by atoms with Gasteiger partial charge < -0.3 is 11.1 Å². The number of nitrogen functional groups attached to an aromatic ring is 1. The maximum absolute atomic E-state index is 12.0. The molecule has 112 valence electrons. The highest BCUT2D eigenvalue weighted by Gasteiger charge is 2.17. The van der Waals surface area contributed by atoms with E-state index in [0.29, 0.717) is 11.4 Å². The second kappa shape index (κ2) is 6.15. The molecule has 0 saturated heterocycles. The number of para-hydroxylation sites is 1. The predicted molar refractivity (Wildman–Crippen MR) is 85.6 cm³/mol. The number of sulfonamides is 1. The minimum absolute atomic E-state index is 0.0428. The van der Waals surface area contributed by atoms with Gasteiger partial charge in [0.05, 0.1) is 5.69 Å². The predicted octanol–water partition coefficient (Wildman–Crippen LogP) is 2.35. The smallest absolute Gasteiger partial charge is 0.242 e. The molecule has 0 fully saturated rings. The molecule has 5 nitrogen and oxygen atoms in total. The Kier molecular flexibility index (Phi) is 4.50. The SMILES string of the molecule is CNS(=O)(=O)c1ccccc1NC(C)c1ccc(N)cc1. The van der Waals surface area contributed by atoms with E-state index in [1.165, 1.54) is 7.05 Å². The molecule has 0 amide bonds. The largest absolute Gasteiger partial charge is 0.399 e. The van der Waals surface area contributed by atoms with Crippen LogP contribution in [0, 0.1) is 0 Å². The molecule has 1 atom stereocenters. The lowest BCUT2D eigenvalue weighted by Gasteiger charge is -2.18. The van der Waals surface area contributed by atoms with E-state index in [1.807, 2.05) is 31.2 Å². The van der Waals surface area contributed by atoms with E-state index in [4.69, 9.17) is 5.73 Å². The van der Waals surface area contributed by atoms with Gasteiger partial charge in [-0.3, -0.25) is 0 Å². The number of benzene rings is 2. The quantitative estimate of drug-likeness (QED) is 0.740. The monoisotopic (exact) mass is 305 g/mol. The van der Waals surface area contributed by atoms with Crippen molar-refractivity contribution in [1.82, 2.24) is 4.72 Å². The first-order valence-corrected chi connectivity index (χ1v) is 8.07. The summed E-state index contributed by atoms with van der Waals surface area (Å²) in [5.41, 5.74) is 7.96. The van der Waals surface area contributed by atoms with Crippen LogP contribution in [-0.4, -0.2) is 15.5 Å². The van der Waals surface area contributed by atoms with E-state index in [9.17, 15) is 8.42 Å². The van der Waals surface area contributed by atoms with Crippen LogP contribution in [0.1, 0.15) is 18.5 Å². The van der Waals surface area contributed by atoms with Gasteiger partial charge in [0.25, 0.3) is 0 Å². The Bertz CT molecular complexity index is 712. The van der Waals surface area contributed by atoms with E-state index in [1.54, 1.807) is 24.3 Å². The van der Waals surface area contributed by atoms with Gasteiger partial charge in [-0.15, -0.1) is 0 Å². The minimum atomic E-state index is -3.50. The lowest BCUT2D eigenvalue weighted by atomic mass is 10.1. The number of rotatable bonds is 5. The van der Waals surface area contributed by atoms with Crippen molar-refractivity contribution >= 4 is 21.4 Å². The van der Waals surface area contributed by atoms with Crippen molar-refractivity contribution in [2.24, 2.45) is 0 Å². The Hall–Kier alpha value is -2.05. The Balaban J connectivity index is 2.30. The van der Waals surface area contributed by atoms with Crippen molar-refractivity contribution in [3.8, 4) is 0 Å². The van der Waals surface area contributed by atoms with Gasteiger partial charge in [0.2, 0.25) is 10.0 Å². The Labute approximate surface area is 125 Å². The maximum Gasteiger partial charge on any atom is 0.242 e. The van der Waals surface area contributed by atoms with Gasteiger partial charge in [0.15, 0.2) is 0 Å². The van der Waals surface area contributed by atoms with Gasteiger partial charge in [-0.2, -0.15) is 0 Å². The molecular formula is C15H19N3O2S. The highest BCUT2D eigenvalue weighted by atomic mass is 32.2. The summed E-state index contributed by atoms with van der Waals surface area (Å²) in [7, 11) is -2.10. The third-order valence-corrected chi connectivity index (χ3v) is 4.73. The van der Waals surface area contributed by atoms with E-state index in [0.717, 1.165) is 5.56 Å². The molecule has 0 heterocycles. The molecule has 6 heteroatoms. The van der Waals surface area contributed by atoms with Crippen LogP contribution in [0.25, 0.3) is 0 Å². The first-order valence-electron chi connectivity index (χ1n) is 6.58. The summed E-state index contributed by atoms with van der Waals surface area (Å²) in [5.74, 6) is 0. The fourth-order valence-corrected chi connectivity index (χ4v) is 2.93. The molecule has 1 unspecified atom stereocenters. The molecule has 21 heavy (non-hydrogen) atoms. The zero-order valence-electron chi connectivity index (χ0n) is 12.0. The van der Waals surface area contributed by atoms with Gasteiger partial charge in [0.1, 0.15) is 4.90 Å². The first-order chi connectivity index (χ1) is 9.94. The number of anilines is 2. The zero-order valence-corrected chi connectivity index (χ0v) is 12.8. The van der Waals surface area contributed by atoms with Crippen molar-refractivity contribution in [2.75, 3.05) is 18.1 Å². The van der Waals surface area contributed by atoms with Crippen LogP contribution >= 0.6 is 0 Å². The fourth-order valence-electron chi connectivity index (χ4n) is 2.03. The van der Waals surface area contributed by atoms with Gasteiger partial charge in [-0.05, 0) is 43.8 Å². The Morgan fingerprint density at radius 2 is 1.67 bits per heavy atom. The molecule has 4 N–H and O–H groups in total. The molecule has 2 aromatic carbocycles. The molecule has 0 spiro atoms. The third kappa shape index (κ3) is 3.53. The standard InChI is InChI=1S/C15H19N3O2S/c1-11(12-7-9-13(16)10-8-12)18-14-5-3-4-6-15(14)21(19,20)17-2/h3-11,17-18H,16H2,1-2H3. The molecule has 0 aliphatic rings. The van der Waals surface area contributed by atoms with Gasteiger partial charge >= 0.3 is 0 Å². The van der Waals surface area contributed by atoms with Crippen LogP contribution < -0.4 is 15.8 Å². The first kappa shape index (κ1) is 15.3.